The van der Waals surface area contributed by atoms with E-state index in [1.54, 1.807) is 0 Å². The van der Waals surface area contributed by atoms with Crippen molar-refractivity contribution in [3.05, 3.63) is 0 Å². The van der Waals surface area contributed by atoms with Gasteiger partial charge in [-0.25, -0.2) is 0 Å². The molecule has 0 heterocycles. The van der Waals surface area contributed by atoms with Crippen molar-refractivity contribution in [2.75, 3.05) is 19.6 Å². The summed E-state index contributed by atoms with van der Waals surface area (Å²) in [5.74, 6) is 0.884. The third kappa shape index (κ3) is 44.0. The molecule has 0 aliphatic carbocycles. The van der Waals surface area contributed by atoms with Gasteiger partial charge in [0.2, 0.25) is 0 Å². The van der Waals surface area contributed by atoms with Crippen molar-refractivity contribution >= 4 is 0 Å². The second-order valence-corrected chi connectivity index (χ2v) is 17.1. The molecule has 0 aliphatic rings. The Kier molecular flexibility index (Phi) is 44.1. The van der Waals surface area contributed by atoms with Gasteiger partial charge in [0.1, 0.15) is 0 Å². The maximum absolute atomic E-state index is 2.87. The summed E-state index contributed by atoms with van der Waals surface area (Å²) in [6.45, 7) is 13.5. The highest BCUT2D eigenvalue weighted by Gasteiger charge is 2.06. The van der Waals surface area contributed by atoms with Gasteiger partial charge in [-0.15, -0.1) is 0 Å². The van der Waals surface area contributed by atoms with Crippen molar-refractivity contribution in [2.45, 2.75) is 285 Å². The Balaban J connectivity index is 3.88. The van der Waals surface area contributed by atoms with Gasteiger partial charge in [-0.2, -0.15) is 0 Å². The lowest BCUT2D eigenvalue weighted by atomic mass is 10.0. The van der Waals surface area contributed by atoms with Crippen LogP contribution in [0.15, 0.2) is 0 Å². The molecule has 0 bridgehead atoms. The van der Waals surface area contributed by atoms with Gasteiger partial charge in [0, 0.05) is 0 Å². The highest BCUT2D eigenvalue weighted by molar-refractivity contribution is 4.61. The summed E-state index contributed by atoms with van der Waals surface area (Å²) in [5, 5.41) is 0. The summed E-state index contributed by atoms with van der Waals surface area (Å²) in [6, 6.07) is 0. The number of nitrogens with zero attached hydrogens (tertiary/aromatic N) is 1. The van der Waals surface area contributed by atoms with E-state index < -0.39 is 0 Å². The number of hydrogen-bond acceptors (Lipinski definition) is 1. The molecule has 0 aliphatic heterocycles. The van der Waals surface area contributed by atoms with Crippen LogP contribution in [-0.4, -0.2) is 24.5 Å². The lowest BCUT2D eigenvalue weighted by molar-refractivity contribution is 0.254. The van der Waals surface area contributed by atoms with Gasteiger partial charge in [-0.1, -0.05) is 265 Å². The van der Waals surface area contributed by atoms with E-state index in [2.05, 4.69) is 32.6 Å². The molecule has 0 spiro atoms. The second kappa shape index (κ2) is 44.1. The average Bonchev–Trinajstić information content (AvgIpc) is 3.10. The van der Waals surface area contributed by atoms with Crippen molar-refractivity contribution in [3.8, 4) is 0 Å². The Hall–Kier alpha value is -0.0400. The third-order valence-electron chi connectivity index (χ3n) is 11.4. The Morgan fingerprint density at radius 2 is 0.429 bits per heavy atom. The first-order chi connectivity index (χ1) is 24.2. The predicted octanol–water partition coefficient (Wildman–Crippen LogP) is 17.6. The molecule has 1 nitrogen and oxygen atoms in total. The van der Waals surface area contributed by atoms with E-state index in [9.17, 15) is 0 Å². The van der Waals surface area contributed by atoms with E-state index >= 15 is 0 Å². The topological polar surface area (TPSA) is 3.24 Å². The van der Waals surface area contributed by atoms with Crippen LogP contribution in [0.4, 0.5) is 0 Å². The summed E-state index contributed by atoms with van der Waals surface area (Å²) in [6.07, 6.45) is 58.6. The Bertz CT molecular complexity index is 519. The Morgan fingerprint density at radius 3 is 0.633 bits per heavy atom. The number of unbranched alkanes of at least 4 members (excludes halogenated alkanes) is 36. The van der Waals surface area contributed by atoms with Crippen molar-refractivity contribution in [1.29, 1.82) is 0 Å². The minimum Gasteiger partial charge on any atom is -0.303 e. The predicted molar refractivity (Wildman–Crippen MR) is 227 cm³/mol. The molecule has 0 aromatic heterocycles. The normalized spacial score (nSPS) is 11.9. The zero-order chi connectivity index (χ0) is 35.6. The highest BCUT2D eigenvalue weighted by Crippen LogP contribution is 2.17. The van der Waals surface area contributed by atoms with Crippen LogP contribution in [0.5, 0.6) is 0 Å². The fraction of sp³-hybridized carbons (Fsp3) is 1.00. The highest BCUT2D eigenvalue weighted by atomic mass is 15.1. The minimum atomic E-state index is 0.884. The monoisotopic (exact) mass is 690 g/mol. The van der Waals surface area contributed by atoms with Gasteiger partial charge in [-0.3, -0.25) is 0 Å². The zero-order valence-electron chi connectivity index (χ0n) is 35.4. The maximum atomic E-state index is 2.87. The quantitative estimate of drug-likeness (QED) is 0.0576. The van der Waals surface area contributed by atoms with Crippen LogP contribution < -0.4 is 0 Å². The lowest BCUT2D eigenvalue weighted by Crippen LogP contribution is -2.27. The first-order valence-corrected chi connectivity index (χ1v) is 23.9. The fourth-order valence-corrected chi connectivity index (χ4v) is 7.87. The smallest absolute Gasteiger partial charge is 0.00187 e. The molecule has 0 saturated heterocycles. The molecule has 0 radical (unpaired) electrons. The van der Waals surface area contributed by atoms with E-state index in [1.807, 2.05) is 0 Å². The van der Waals surface area contributed by atoms with Crippen molar-refractivity contribution in [2.24, 2.45) is 5.92 Å². The number of rotatable bonds is 44. The van der Waals surface area contributed by atoms with E-state index in [0.29, 0.717) is 0 Å². The van der Waals surface area contributed by atoms with E-state index in [-0.39, 0.29) is 0 Å². The largest absolute Gasteiger partial charge is 0.303 e. The van der Waals surface area contributed by atoms with Crippen LogP contribution in [0, 0.1) is 5.92 Å². The SMILES string of the molecule is CCCCCCCCCCCCCCCCCCN(CCCCCCCCCCCCCCCCCC)CCCCCCCCCC(C)C. The van der Waals surface area contributed by atoms with Crippen molar-refractivity contribution in [1.82, 2.24) is 4.90 Å². The van der Waals surface area contributed by atoms with Gasteiger partial charge in [0.15, 0.2) is 0 Å². The molecular formula is C48H99N. The van der Waals surface area contributed by atoms with Gasteiger partial charge in [-0.05, 0) is 44.8 Å². The molecule has 0 rings (SSSR count). The van der Waals surface area contributed by atoms with Gasteiger partial charge in [0.25, 0.3) is 0 Å². The van der Waals surface area contributed by atoms with E-state index in [4.69, 9.17) is 0 Å². The van der Waals surface area contributed by atoms with Gasteiger partial charge in [0.05, 0.1) is 0 Å². The van der Waals surface area contributed by atoms with E-state index in [1.165, 1.54) is 276 Å². The van der Waals surface area contributed by atoms with E-state index in [0.717, 1.165) is 5.92 Å². The van der Waals surface area contributed by atoms with Crippen LogP contribution >= 0.6 is 0 Å². The van der Waals surface area contributed by atoms with Crippen LogP contribution in [-0.2, 0) is 0 Å². The molecule has 0 fully saturated rings. The molecule has 1 heteroatoms. The summed E-state index contributed by atoms with van der Waals surface area (Å²) in [4.78, 5) is 2.87. The third-order valence-corrected chi connectivity index (χ3v) is 11.4. The minimum absolute atomic E-state index is 0.884. The van der Waals surface area contributed by atoms with Crippen LogP contribution in [0.25, 0.3) is 0 Å². The first kappa shape index (κ1) is 49.0. The summed E-state index contributed by atoms with van der Waals surface area (Å²) in [7, 11) is 0. The zero-order valence-corrected chi connectivity index (χ0v) is 35.4. The van der Waals surface area contributed by atoms with Gasteiger partial charge >= 0.3 is 0 Å². The second-order valence-electron chi connectivity index (χ2n) is 17.1. The molecule has 0 amide bonds. The molecule has 0 unspecified atom stereocenters. The lowest BCUT2D eigenvalue weighted by Gasteiger charge is -2.22. The molecule has 296 valence electrons. The van der Waals surface area contributed by atoms with Crippen molar-refractivity contribution < 1.29 is 0 Å². The van der Waals surface area contributed by atoms with Crippen LogP contribution in [0.2, 0.25) is 0 Å². The molecule has 0 atom stereocenters. The standard InChI is InChI=1S/C48H99N/c1-5-7-9-11-13-15-17-19-21-23-25-27-29-33-37-41-45-49(47-43-39-35-31-32-36-40-44-48(3)4)46-42-38-34-30-28-26-24-22-20-18-16-14-12-10-8-6-2/h48H,5-47H2,1-4H3. The first-order valence-electron chi connectivity index (χ1n) is 23.9. The number of hydrogen-bond donors (Lipinski definition) is 0. The molecule has 0 aromatic carbocycles. The fourth-order valence-electron chi connectivity index (χ4n) is 7.87. The van der Waals surface area contributed by atoms with Gasteiger partial charge < -0.3 is 4.90 Å². The average molecular weight is 690 g/mol. The molecule has 0 saturated carbocycles. The molecular weight excluding hydrogens is 591 g/mol. The molecule has 0 aromatic rings. The maximum Gasteiger partial charge on any atom is -0.00187 e. The Labute approximate surface area is 314 Å². The molecule has 49 heavy (non-hydrogen) atoms. The summed E-state index contributed by atoms with van der Waals surface area (Å²) in [5.41, 5.74) is 0. The van der Waals surface area contributed by atoms with Crippen LogP contribution in [0.3, 0.4) is 0 Å². The van der Waals surface area contributed by atoms with Crippen molar-refractivity contribution in [3.63, 3.8) is 0 Å². The Morgan fingerprint density at radius 1 is 0.245 bits per heavy atom. The van der Waals surface area contributed by atoms with Crippen LogP contribution in [0.1, 0.15) is 285 Å². The summed E-state index contributed by atoms with van der Waals surface area (Å²) < 4.78 is 0. The molecule has 0 N–H and O–H groups in total. The summed E-state index contributed by atoms with van der Waals surface area (Å²) >= 11 is 0.